The average molecular weight is 437 g/mol. The predicted octanol–water partition coefficient (Wildman–Crippen LogP) is 3.11. The molecule has 0 fully saturated rings. The summed E-state index contributed by atoms with van der Waals surface area (Å²) in [5.41, 5.74) is 3.17. The number of pyridine rings is 2. The zero-order valence-electron chi connectivity index (χ0n) is 16.9. The van der Waals surface area contributed by atoms with E-state index in [1.54, 1.807) is 35.5 Å². The summed E-state index contributed by atoms with van der Waals surface area (Å²) < 4.78 is 0. The second kappa shape index (κ2) is 8.73. The number of rotatable bonds is 4. The number of H-pyrrole nitrogens is 1. The highest BCUT2D eigenvalue weighted by Crippen LogP contribution is 2.23. The fourth-order valence-corrected chi connectivity index (χ4v) is 3.88. The second-order valence-electron chi connectivity index (χ2n) is 7.47. The number of hydrogen-bond donors (Lipinski definition) is 2. The summed E-state index contributed by atoms with van der Waals surface area (Å²) >= 11 is 6.18. The van der Waals surface area contributed by atoms with E-state index in [9.17, 15) is 14.4 Å². The molecule has 0 saturated heterocycles. The number of aromatic amines is 1. The molecule has 0 spiro atoms. The molecule has 8 heteroatoms. The largest absolute Gasteiger partial charge is 0.338 e. The van der Waals surface area contributed by atoms with Crippen molar-refractivity contribution in [2.75, 3.05) is 11.9 Å². The molecule has 4 rings (SSSR count). The van der Waals surface area contributed by atoms with E-state index in [0.29, 0.717) is 35.8 Å². The normalized spacial score (nSPS) is 12.9. The van der Waals surface area contributed by atoms with Crippen LogP contribution in [0.15, 0.2) is 53.6 Å². The van der Waals surface area contributed by atoms with E-state index in [1.165, 1.54) is 0 Å². The van der Waals surface area contributed by atoms with Gasteiger partial charge in [0.15, 0.2) is 0 Å². The Balaban J connectivity index is 1.53. The Labute approximate surface area is 184 Å². The third-order valence-electron chi connectivity index (χ3n) is 5.34. The van der Waals surface area contributed by atoms with Gasteiger partial charge in [-0.15, -0.1) is 0 Å². The zero-order valence-corrected chi connectivity index (χ0v) is 17.7. The highest BCUT2D eigenvalue weighted by molar-refractivity contribution is 6.31. The Bertz CT molecular complexity index is 1200. The SMILES string of the molecule is Cc1ccc(NC(=O)c2c3c(c[nH]c2=O)CN(C(=O)Cc2ccccc2Cl)CC3)cn1. The lowest BCUT2D eigenvalue weighted by molar-refractivity contribution is -0.131. The van der Waals surface area contributed by atoms with Gasteiger partial charge in [-0.2, -0.15) is 0 Å². The zero-order chi connectivity index (χ0) is 22.0. The number of aromatic nitrogens is 2. The molecule has 31 heavy (non-hydrogen) atoms. The van der Waals surface area contributed by atoms with Crippen molar-refractivity contribution in [2.24, 2.45) is 0 Å². The highest BCUT2D eigenvalue weighted by atomic mass is 35.5. The van der Waals surface area contributed by atoms with Crippen LogP contribution in [0.1, 0.15) is 32.7 Å². The Morgan fingerprint density at radius 3 is 2.77 bits per heavy atom. The van der Waals surface area contributed by atoms with Crippen LogP contribution in [0.3, 0.4) is 0 Å². The molecular weight excluding hydrogens is 416 g/mol. The Hall–Kier alpha value is -3.45. The fraction of sp³-hybridized carbons (Fsp3) is 0.217. The van der Waals surface area contributed by atoms with Crippen molar-refractivity contribution in [1.29, 1.82) is 0 Å². The fourth-order valence-electron chi connectivity index (χ4n) is 3.67. The Morgan fingerprint density at radius 1 is 1.23 bits per heavy atom. The Kier molecular flexibility index (Phi) is 5.86. The first kappa shape index (κ1) is 20.8. The first-order chi connectivity index (χ1) is 14.9. The number of hydrogen-bond acceptors (Lipinski definition) is 4. The number of benzene rings is 1. The van der Waals surface area contributed by atoms with Gasteiger partial charge in [0.05, 0.1) is 18.3 Å². The molecule has 0 atom stereocenters. The number of aryl methyl sites for hydroxylation is 1. The van der Waals surface area contributed by atoms with Crippen LogP contribution in [0.5, 0.6) is 0 Å². The number of carbonyl (C=O) groups is 2. The highest BCUT2D eigenvalue weighted by Gasteiger charge is 2.27. The second-order valence-corrected chi connectivity index (χ2v) is 7.88. The molecule has 1 aliphatic rings. The van der Waals surface area contributed by atoms with Gasteiger partial charge in [0.1, 0.15) is 5.56 Å². The van der Waals surface area contributed by atoms with Crippen LogP contribution < -0.4 is 10.9 Å². The summed E-state index contributed by atoms with van der Waals surface area (Å²) in [7, 11) is 0. The van der Waals surface area contributed by atoms with Crippen LogP contribution in [0, 0.1) is 6.92 Å². The van der Waals surface area contributed by atoms with Crippen LogP contribution in [-0.4, -0.2) is 33.2 Å². The van der Waals surface area contributed by atoms with Gasteiger partial charge in [-0.3, -0.25) is 19.4 Å². The summed E-state index contributed by atoms with van der Waals surface area (Å²) in [5, 5.41) is 3.29. The van der Waals surface area contributed by atoms with Crippen molar-refractivity contribution >= 4 is 29.1 Å². The van der Waals surface area contributed by atoms with E-state index in [4.69, 9.17) is 11.6 Å². The Morgan fingerprint density at radius 2 is 2.03 bits per heavy atom. The molecule has 158 valence electrons. The summed E-state index contributed by atoms with van der Waals surface area (Å²) in [6.45, 7) is 2.59. The molecule has 0 bridgehead atoms. The number of fused-ring (bicyclic) bond motifs is 1. The summed E-state index contributed by atoms with van der Waals surface area (Å²) in [4.78, 5) is 46.6. The molecule has 3 heterocycles. The summed E-state index contributed by atoms with van der Waals surface area (Å²) in [5.74, 6) is -0.540. The maximum atomic E-state index is 12.8. The maximum Gasteiger partial charge on any atom is 0.261 e. The van der Waals surface area contributed by atoms with E-state index in [-0.39, 0.29) is 17.9 Å². The maximum absolute atomic E-state index is 12.8. The number of halogens is 1. The topological polar surface area (TPSA) is 95.2 Å². The number of amides is 2. The lowest BCUT2D eigenvalue weighted by Gasteiger charge is -2.29. The smallest absolute Gasteiger partial charge is 0.261 e. The van der Waals surface area contributed by atoms with Gasteiger partial charge in [0.2, 0.25) is 5.91 Å². The molecule has 1 aliphatic heterocycles. The number of carbonyl (C=O) groups excluding carboxylic acids is 2. The van der Waals surface area contributed by atoms with Gasteiger partial charge in [-0.05, 0) is 48.2 Å². The molecule has 2 aromatic heterocycles. The quantitative estimate of drug-likeness (QED) is 0.656. The monoisotopic (exact) mass is 436 g/mol. The molecule has 1 aromatic carbocycles. The molecule has 7 nitrogen and oxygen atoms in total. The first-order valence-corrected chi connectivity index (χ1v) is 10.3. The number of anilines is 1. The van der Waals surface area contributed by atoms with Crippen LogP contribution in [0.25, 0.3) is 0 Å². The molecule has 2 amide bonds. The van der Waals surface area contributed by atoms with Gasteiger partial charge in [0, 0.05) is 30.0 Å². The molecule has 3 aromatic rings. The minimum absolute atomic E-state index is 0.0540. The number of nitrogens with one attached hydrogen (secondary N) is 2. The summed E-state index contributed by atoms with van der Waals surface area (Å²) in [6, 6.07) is 10.8. The van der Waals surface area contributed by atoms with Gasteiger partial charge in [0.25, 0.3) is 11.5 Å². The average Bonchev–Trinajstić information content (AvgIpc) is 2.76. The lowest BCUT2D eigenvalue weighted by Crippen LogP contribution is -2.39. The summed E-state index contributed by atoms with van der Waals surface area (Å²) in [6.07, 6.45) is 3.75. The molecular formula is C23H21ClN4O3. The van der Waals surface area contributed by atoms with Crippen molar-refractivity contribution in [1.82, 2.24) is 14.9 Å². The van der Waals surface area contributed by atoms with Crippen LogP contribution in [0.4, 0.5) is 5.69 Å². The van der Waals surface area contributed by atoms with E-state index >= 15 is 0 Å². The molecule has 0 unspecified atom stereocenters. The van der Waals surface area contributed by atoms with Crippen molar-refractivity contribution in [3.63, 3.8) is 0 Å². The predicted molar refractivity (Wildman–Crippen MR) is 118 cm³/mol. The van der Waals surface area contributed by atoms with Gasteiger partial charge in [-0.1, -0.05) is 29.8 Å². The van der Waals surface area contributed by atoms with Crippen molar-refractivity contribution in [3.05, 3.63) is 92.1 Å². The van der Waals surface area contributed by atoms with Crippen molar-refractivity contribution in [3.8, 4) is 0 Å². The number of nitrogens with zero attached hydrogens (tertiary/aromatic N) is 2. The van der Waals surface area contributed by atoms with Crippen LogP contribution in [-0.2, 0) is 24.2 Å². The lowest BCUT2D eigenvalue weighted by atomic mass is 9.96. The third kappa shape index (κ3) is 4.51. The minimum Gasteiger partial charge on any atom is -0.338 e. The van der Waals surface area contributed by atoms with Crippen molar-refractivity contribution < 1.29 is 9.59 Å². The van der Waals surface area contributed by atoms with Gasteiger partial charge >= 0.3 is 0 Å². The van der Waals surface area contributed by atoms with Crippen LogP contribution in [0.2, 0.25) is 5.02 Å². The first-order valence-electron chi connectivity index (χ1n) is 9.91. The van der Waals surface area contributed by atoms with E-state index < -0.39 is 11.5 Å². The molecule has 0 radical (unpaired) electrons. The van der Waals surface area contributed by atoms with E-state index in [2.05, 4.69) is 15.3 Å². The van der Waals surface area contributed by atoms with E-state index in [0.717, 1.165) is 16.8 Å². The van der Waals surface area contributed by atoms with Crippen molar-refractivity contribution in [2.45, 2.75) is 26.3 Å². The molecule has 2 N–H and O–H groups in total. The van der Waals surface area contributed by atoms with Gasteiger partial charge in [-0.25, -0.2) is 0 Å². The standard InChI is InChI=1S/C23H21ClN4O3/c1-14-6-7-17(12-25-14)27-23(31)21-18-8-9-28(13-16(18)11-26-22(21)30)20(29)10-15-4-2-3-5-19(15)24/h2-7,11-12H,8-10,13H2,1H3,(H,26,30)(H,27,31). The van der Waals surface area contributed by atoms with Crippen LogP contribution >= 0.6 is 11.6 Å². The molecule has 0 saturated carbocycles. The molecule has 0 aliphatic carbocycles. The van der Waals surface area contributed by atoms with Gasteiger partial charge < -0.3 is 15.2 Å². The third-order valence-corrected chi connectivity index (χ3v) is 5.70. The minimum atomic E-state index is -0.486. The van der Waals surface area contributed by atoms with E-state index in [1.807, 2.05) is 25.1 Å².